The zero-order valence-electron chi connectivity index (χ0n) is 12.7. The number of hydrogen-bond acceptors (Lipinski definition) is 3. The zero-order valence-corrected chi connectivity index (χ0v) is 14.3. The molecule has 1 fully saturated rings. The number of amides is 1. The lowest BCUT2D eigenvalue weighted by atomic mass is 9.95. The molecule has 118 valence electrons. The minimum absolute atomic E-state index is 0. The molecule has 0 spiro atoms. The highest BCUT2D eigenvalue weighted by Crippen LogP contribution is 2.25. The molecule has 1 aromatic carbocycles. The van der Waals surface area contributed by atoms with Gasteiger partial charge >= 0.3 is 0 Å². The van der Waals surface area contributed by atoms with Crippen LogP contribution < -0.4 is 10.6 Å². The van der Waals surface area contributed by atoms with E-state index < -0.39 is 0 Å². The van der Waals surface area contributed by atoms with E-state index in [1.807, 2.05) is 18.2 Å². The summed E-state index contributed by atoms with van der Waals surface area (Å²) in [6.07, 6.45) is 1.88. The lowest BCUT2D eigenvalue weighted by Crippen LogP contribution is -2.50. The molecule has 1 saturated heterocycles. The van der Waals surface area contributed by atoms with Crippen molar-refractivity contribution in [1.82, 2.24) is 10.6 Å². The quantitative estimate of drug-likeness (QED) is 0.816. The first kappa shape index (κ1) is 18.3. The third-order valence-corrected chi connectivity index (χ3v) is 5.17. The fourth-order valence-corrected chi connectivity index (χ4v) is 3.47. The third kappa shape index (κ3) is 5.53. The van der Waals surface area contributed by atoms with Gasteiger partial charge in [-0.25, -0.2) is 0 Å². The predicted octanol–water partition coefficient (Wildman–Crippen LogP) is 3.09. The fraction of sp³-hybridized carbons (Fsp3) is 0.562. The summed E-state index contributed by atoms with van der Waals surface area (Å²) in [6, 6.07) is 10.5. The topological polar surface area (TPSA) is 41.1 Å². The van der Waals surface area contributed by atoms with E-state index in [4.69, 9.17) is 0 Å². The van der Waals surface area contributed by atoms with Gasteiger partial charge in [-0.3, -0.25) is 4.79 Å². The normalized spacial score (nSPS) is 23.0. The van der Waals surface area contributed by atoms with Crippen LogP contribution in [0, 0.1) is 5.92 Å². The van der Waals surface area contributed by atoms with Crippen molar-refractivity contribution in [2.75, 3.05) is 13.1 Å². The Kier molecular flexibility index (Phi) is 8.15. The van der Waals surface area contributed by atoms with E-state index in [0.29, 0.717) is 12.0 Å². The Morgan fingerprint density at radius 2 is 2.14 bits per heavy atom. The average molecular weight is 329 g/mol. The molecule has 5 heteroatoms. The molecule has 0 radical (unpaired) electrons. The van der Waals surface area contributed by atoms with Crippen LogP contribution in [0.4, 0.5) is 0 Å². The molecule has 2 N–H and O–H groups in total. The molecule has 1 heterocycles. The van der Waals surface area contributed by atoms with Crippen molar-refractivity contribution < 1.29 is 4.79 Å². The number of carbonyl (C=O) groups is 1. The summed E-state index contributed by atoms with van der Waals surface area (Å²) in [5.41, 5.74) is 0. The Morgan fingerprint density at radius 1 is 1.43 bits per heavy atom. The summed E-state index contributed by atoms with van der Waals surface area (Å²) in [5, 5.41) is 6.60. The van der Waals surface area contributed by atoms with Gasteiger partial charge in [-0.2, -0.15) is 0 Å². The number of piperidine rings is 1. The van der Waals surface area contributed by atoms with Gasteiger partial charge in [0.05, 0.1) is 5.25 Å². The van der Waals surface area contributed by atoms with Crippen LogP contribution in [0.2, 0.25) is 0 Å². The maximum absolute atomic E-state index is 12.4. The number of rotatable bonds is 5. The first-order valence-corrected chi connectivity index (χ1v) is 8.31. The van der Waals surface area contributed by atoms with E-state index in [1.165, 1.54) is 0 Å². The Hall–Kier alpha value is -0.710. The van der Waals surface area contributed by atoms with Crippen LogP contribution in [0.25, 0.3) is 0 Å². The van der Waals surface area contributed by atoms with Crippen LogP contribution in [-0.4, -0.2) is 30.3 Å². The van der Waals surface area contributed by atoms with E-state index in [1.54, 1.807) is 11.8 Å². The monoisotopic (exact) mass is 328 g/mol. The molecule has 1 aliphatic heterocycles. The smallest absolute Gasteiger partial charge is 0.233 e. The van der Waals surface area contributed by atoms with Crippen molar-refractivity contribution in [1.29, 1.82) is 0 Å². The molecule has 3 nitrogen and oxygen atoms in total. The molecule has 2 rings (SSSR count). The number of halogens is 1. The molecule has 0 aliphatic carbocycles. The van der Waals surface area contributed by atoms with Crippen molar-refractivity contribution in [2.24, 2.45) is 5.92 Å². The molecule has 3 atom stereocenters. The van der Waals surface area contributed by atoms with Crippen LogP contribution in [0.5, 0.6) is 0 Å². The van der Waals surface area contributed by atoms with E-state index in [0.717, 1.165) is 30.8 Å². The van der Waals surface area contributed by atoms with E-state index in [2.05, 4.69) is 36.6 Å². The van der Waals surface area contributed by atoms with Crippen molar-refractivity contribution in [3.8, 4) is 0 Å². The molecule has 0 aromatic heterocycles. The van der Waals surface area contributed by atoms with Gasteiger partial charge in [0.1, 0.15) is 0 Å². The fourth-order valence-electron chi connectivity index (χ4n) is 2.49. The first-order chi connectivity index (χ1) is 9.70. The van der Waals surface area contributed by atoms with Gasteiger partial charge in [0.2, 0.25) is 5.91 Å². The second-order valence-corrected chi connectivity index (χ2v) is 6.69. The van der Waals surface area contributed by atoms with Crippen LogP contribution in [-0.2, 0) is 4.79 Å². The minimum Gasteiger partial charge on any atom is -0.352 e. The summed E-state index contributed by atoms with van der Waals surface area (Å²) in [7, 11) is 0. The highest BCUT2D eigenvalue weighted by Gasteiger charge is 2.26. The van der Waals surface area contributed by atoms with E-state index >= 15 is 0 Å². The second kappa shape index (κ2) is 9.34. The predicted molar refractivity (Wildman–Crippen MR) is 92.2 cm³/mol. The highest BCUT2D eigenvalue weighted by atomic mass is 35.5. The molecule has 0 saturated carbocycles. The maximum Gasteiger partial charge on any atom is 0.233 e. The summed E-state index contributed by atoms with van der Waals surface area (Å²) in [5.74, 6) is 0.687. The Morgan fingerprint density at radius 3 is 2.76 bits per heavy atom. The van der Waals surface area contributed by atoms with Gasteiger partial charge in [0.25, 0.3) is 0 Å². The minimum atomic E-state index is -0.000476. The number of thioether (sulfide) groups is 1. The molecule has 1 aliphatic rings. The second-order valence-electron chi connectivity index (χ2n) is 5.41. The number of benzene rings is 1. The molecular weight excluding hydrogens is 304 g/mol. The lowest BCUT2D eigenvalue weighted by Gasteiger charge is -2.31. The summed E-state index contributed by atoms with van der Waals surface area (Å²) in [6.45, 7) is 6.26. The van der Waals surface area contributed by atoms with Gasteiger partial charge in [-0.15, -0.1) is 24.2 Å². The maximum atomic E-state index is 12.4. The van der Waals surface area contributed by atoms with Crippen LogP contribution in [0.1, 0.15) is 26.7 Å². The Balaban J connectivity index is 0.00000220. The molecule has 1 aromatic rings. The lowest BCUT2D eigenvalue weighted by molar-refractivity contribution is -0.121. The van der Waals surface area contributed by atoms with Crippen molar-refractivity contribution in [2.45, 2.75) is 42.9 Å². The zero-order chi connectivity index (χ0) is 14.4. The van der Waals surface area contributed by atoms with Crippen molar-refractivity contribution >= 4 is 30.1 Å². The molecule has 0 bridgehead atoms. The molecule has 1 amide bonds. The third-order valence-electron chi connectivity index (χ3n) is 3.80. The van der Waals surface area contributed by atoms with Gasteiger partial charge < -0.3 is 10.6 Å². The van der Waals surface area contributed by atoms with Crippen LogP contribution in [0.3, 0.4) is 0 Å². The standard InChI is InChI=1S/C16H24N2OS.ClH/c1-3-15(20-13-7-5-4-6-8-13)16(19)18-14-9-10-17-11-12(14)2;/h4-8,12,14-15,17H,3,9-11H2,1-2H3,(H,18,19);1H. The van der Waals surface area contributed by atoms with E-state index in [-0.39, 0.29) is 23.6 Å². The number of hydrogen-bond donors (Lipinski definition) is 2. The molecule has 21 heavy (non-hydrogen) atoms. The number of nitrogens with one attached hydrogen (secondary N) is 2. The molecular formula is C16H25ClN2OS. The average Bonchev–Trinajstić information content (AvgIpc) is 2.48. The summed E-state index contributed by atoms with van der Waals surface area (Å²) >= 11 is 1.66. The van der Waals surface area contributed by atoms with Gasteiger partial charge in [0, 0.05) is 10.9 Å². The Labute approximate surface area is 138 Å². The van der Waals surface area contributed by atoms with Crippen molar-refractivity contribution in [3.05, 3.63) is 30.3 Å². The van der Waals surface area contributed by atoms with Gasteiger partial charge in [0.15, 0.2) is 0 Å². The van der Waals surface area contributed by atoms with Crippen molar-refractivity contribution in [3.63, 3.8) is 0 Å². The van der Waals surface area contributed by atoms with Crippen LogP contribution >= 0.6 is 24.2 Å². The highest BCUT2D eigenvalue weighted by molar-refractivity contribution is 8.00. The summed E-state index contributed by atoms with van der Waals surface area (Å²) in [4.78, 5) is 13.6. The Bertz CT molecular complexity index is 430. The van der Waals surface area contributed by atoms with E-state index in [9.17, 15) is 4.79 Å². The van der Waals surface area contributed by atoms with Gasteiger partial charge in [-0.1, -0.05) is 32.0 Å². The largest absolute Gasteiger partial charge is 0.352 e. The SMILES string of the molecule is CCC(Sc1ccccc1)C(=O)NC1CCNCC1C.Cl. The number of carbonyl (C=O) groups excluding carboxylic acids is 1. The first-order valence-electron chi connectivity index (χ1n) is 7.43. The van der Waals surface area contributed by atoms with Crippen LogP contribution in [0.15, 0.2) is 35.2 Å². The van der Waals surface area contributed by atoms with Gasteiger partial charge in [-0.05, 0) is 44.0 Å². The summed E-state index contributed by atoms with van der Waals surface area (Å²) < 4.78 is 0. The molecule has 3 unspecified atom stereocenters.